The van der Waals surface area contributed by atoms with Crippen LogP contribution >= 0.6 is 0 Å². The summed E-state index contributed by atoms with van der Waals surface area (Å²) in [4.78, 5) is 25.0. The molecule has 1 fully saturated rings. The zero-order valence-corrected chi connectivity index (χ0v) is 23.6. The average molecular weight is 561 g/mol. The number of aromatic nitrogens is 6. The van der Waals surface area contributed by atoms with E-state index in [1.165, 1.54) is 42.0 Å². The van der Waals surface area contributed by atoms with Crippen molar-refractivity contribution in [1.29, 1.82) is 0 Å². The van der Waals surface area contributed by atoms with Gasteiger partial charge in [0.25, 0.3) is 5.91 Å². The molecule has 4 aromatic rings. The van der Waals surface area contributed by atoms with Crippen molar-refractivity contribution >= 4 is 5.91 Å². The van der Waals surface area contributed by atoms with Crippen LogP contribution in [0, 0.1) is 12.7 Å². The molecule has 0 atom stereocenters. The number of rotatable bonds is 9. The number of methoxy groups -OCH3 is 2. The average Bonchev–Trinajstić information content (AvgIpc) is 3.37. The number of pyridine rings is 1. The minimum Gasteiger partial charge on any atom is -0.494 e. The quantitative estimate of drug-likeness (QED) is 0.333. The lowest BCUT2D eigenvalue weighted by Crippen LogP contribution is -2.36. The summed E-state index contributed by atoms with van der Waals surface area (Å²) in [6, 6.07) is 5.41. The maximum Gasteiger partial charge on any atom is 0.271 e. The molecule has 11 nitrogen and oxygen atoms in total. The second-order valence-corrected chi connectivity index (χ2v) is 11.0. The third-order valence-corrected chi connectivity index (χ3v) is 7.79. The number of imidazole rings is 1. The topological polar surface area (TPSA) is 112 Å². The number of amides is 1. The molecule has 1 aliphatic carbocycles. The number of hydrogen-bond acceptors (Lipinski definition) is 8. The fraction of sp³-hybridized carbons (Fsp3) is 0.414. The maximum atomic E-state index is 15.3. The normalized spacial score (nSPS) is 15.6. The maximum absolute atomic E-state index is 15.3. The molecule has 1 N–H and O–H groups in total. The van der Waals surface area contributed by atoms with Gasteiger partial charge < -0.3 is 24.3 Å². The molecule has 4 heterocycles. The van der Waals surface area contributed by atoms with Gasteiger partial charge in [-0.1, -0.05) is 5.21 Å². The van der Waals surface area contributed by atoms with E-state index in [1.54, 1.807) is 32.5 Å². The summed E-state index contributed by atoms with van der Waals surface area (Å²) < 4.78 is 29.2. The van der Waals surface area contributed by atoms with Crippen LogP contribution in [0.2, 0.25) is 0 Å². The van der Waals surface area contributed by atoms with Gasteiger partial charge in [-0.25, -0.2) is 14.1 Å². The molecule has 1 aromatic carbocycles. The molecular formula is C29H33FN8O3. The monoisotopic (exact) mass is 560 g/mol. The number of hydrogen-bond donors (Lipinski definition) is 1. The van der Waals surface area contributed by atoms with Crippen LogP contribution < -0.4 is 10.1 Å². The Labute approximate surface area is 237 Å². The van der Waals surface area contributed by atoms with Crippen molar-refractivity contribution in [3.8, 4) is 11.4 Å². The van der Waals surface area contributed by atoms with Crippen LogP contribution in [0.5, 0.6) is 5.75 Å². The third kappa shape index (κ3) is 5.20. The van der Waals surface area contributed by atoms with Crippen molar-refractivity contribution < 1.29 is 18.7 Å². The van der Waals surface area contributed by atoms with Gasteiger partial charge in [0.15, 0.2) is 11.6 Å². The second kappa shape index (κ2) is 10.7. The third-order valence-electron chi connectivity index (χ3n) is 7.79. The summed E-state index contributed by atoms with van der Waals surface area (Å²) in [6.07, 6.45) is 7.69. The lowest BCUT2D eigenvalue weighted by molar-refractivity contribution is 0.0945. The highest BCUT2D eigenvalue weighted by Crippen LogP contribution is 2.51. The lowest BCUT2D eigenvalue weighted by atomic mass is 9.91. The highest BCUT2D eigenvalue weighted by molar-refractivity contribution is 5.92. The molecule has 0 unspecified atom stereocenters. The number of carbonyl (C=O) groups is 1. The van der Waals surface area contributed by atoms with Crippen molar-refractivity contribution in [3.63, 3.8) is 0 Å². The summed E-state index contributed by atoms with van der Waals surface area (Å²) in [6.45, 7) is 4.35. The lowest BCUT2D eigenvalue weighted by Gasteiger charge is -2.31. The van der Waals surface area contributed by atoms with Gasteiger partial charge in [0.1, 0.15) is 18.1 Å². The van der Waals surface area contributed by atoms with Crippen molar-refractivity contribution in [3.05, 3.63) is 82.2 Å². The Morgan fingerprint density at radius 2 is 2.05 bits per heavy atom. The fourth-order valence-electron chi connectivity index (χ4n) is 5.72. The van der Waals surface area contributed by atoms with E-state index >= 15 is 4.39 Å². The largest absolute Gasteiger partial charge is 0.494 e. The number of nitrogens with one attached hydrogen (secondary N) is 1. The van der Waals surface area contributed by atoms with E-state index in [0.717, 1.165) is 18.7 Å². The first-order valence-corrected chi connectivity index (χ1v) is 13.5. The van der Waals surface area contributed by atoms with E-state index < -0.39 is 11.7 Å². The van der Waals surface area contributed by atoms with Crippen LogP contribution in [0.25, 0.3) is 5.69 Å². The Morgan fingerprint density at radius 1 is 1.22 bits per heavy atom. The smallest absolute Gasteiger partial charge is 0.271 e. The molecule has 0 radical (unpaired) electrons. The van der Waals surface area contributed by atoms with Crippen LogP contribution in [-0.2, 0) is 36.4 Å². The number of fused-ring (bicyclic) bond motifs is 2. The molecular weight excluding hydrogens is 527 g/mol. The number of halogens is 1. The van der Waals surface area contributed by atoms with Gasteiger partial charge in [-0.15, -0.1) is 5.10 Å². The summed E-state index contributed by atoms with van der Waals surface area (Å²) >= 11 is 0. The first-order valence-electron chi connectivity index (χ1n) is 13.5. The van der Waals surface area contributed by atoms with E-state index in [0.29, 0.717) is 23.8 Å². The number of aryl methyl sites for hydroxylation is 1. The summed E-state index contributed by atoms with van der Waals surface area (Å²) in [7, 11) is 5.13. The van der Waals surface area contributed by atoms with Gasteiger partial charge in [0, 0.05) is 50.1 Å². The number of carbonyl (C=O) groups excluding carboxylic acids is 1. The Bertz CT molecular complexity index is 1610. The SMILES string of the molecule is COCc1nc(C(=O)NCc2c(-n3cc(C)nn3)ccc(OC)c2F)cn1Cc1cnc2c(c1)CN(C)CC21CC1. The molecule has 3 aromatic heterocycles. The second-order valence-electron chi connectivity index (χ2n) is 11.0. The van der Waals surface area contributed by atoms with E-state index in [9.17, 15) is 4.79 Å². The zero-order chi connectivity index (χ0) is 28.7. The van der Waals surface area contributed by atoms with E-state index in [1.807, 2.05) is 10.8 Å². The molecule has 2 aliphatic rings. The molecule has 6 rings (SSSR count). The van der Waals surface area contributed by atoms with Gasteiger partial charge in [-0.2, -0.15) is 0 Å². The van der Waals surface area contributed by atoms with E-state index in [2.05, 4.69) is 38.6 Å². The van der Waals surface area contributed by atoms with Crippen LogP contribution in [0.4, 0.5) is 4.39 Å². The molecule has 0 saturated heterocycles. The van der Waals surface area contributed by atoms with Crippen LogP contribution in [0.15, 0.2) is 36.8 Å². The predicted octanol–water partition coefficient (Wildman–Crippen LogP) is 2.92. The van der Waals surface area contributed by atoms with Crippen molar-refractivity contribution in [2.24, 2.45) is 0 Å². The van der Waals surface area contributed by atoms with Gasteiger partial charge >= 0.3 is 0 Å². The molecule has 0 bridgehead atoms. The Balaban J connectivity index is 1.23. The fourth-order valence-corrected chi connectivity index (χ4v) is 5.72. The van der Waals surface area contributed by atoms with E-state index in [-0.39, 0.29) is 35.6 Å². The van der Waals surface area contributed by atoms with Crippen LogP contribution in [0.1, 0.15) is 57.2 Å². The van der Waals surface area contributed by atoms with Crippen LogP contribution in [-0.4, -0.2) is 68.1 Å². The van der Waals surface area contributed by atoms with Crippen LogP contribution in [0.3, 0.4) is 0 Å². The highest BCUT2D eigenvalue weighted by atomic mass is 19.1. The Hall–Kier alpha value is -4.16. The first kappa shape index (κ1) is 27.0. The van der Waals surface area contributed by atoms with Gasteiger partial charge in [-0.05, 0) is 56.1 Å². The minimum atomic E-state index is -0.581. The van der Waals surface area contributed by atoms with Gasteiger partial charge in [-0.3, -0.25) is 9.78 Å². The number of ether oxygens (including phenoxy) is 2. The zero-order valence-electron chi connectivity index (χ0n) is 23.6. The van der Waals surface area contributed by atoms with Crippen molar-refractivity contribution in [2.45, 2.75) is 51.4 Å². The van der Waals surface area contributed by atoms with E-state index in [4.69, 9.17) is 14.5 Å². The van der Waals surface area contributed by atoms with Gasteiger partial charge in [0.05, 0.1) is 36.9 Å². The molecule has 1 amide bonds. The molecule has 1 spiro atoms. The predicted molar refractivity (Wildman–Crippen MR) is 147 cm³/mol. The number of benzene rings is 1. The molecule has 41 heavy (non-hydrogen) atoms. The number of likely N-dealkylation sites (N-methyl/N-ethyl adjacent to an activating group) is 1. The van der Waals surface area contributed by atoms with Gasteiger partial charge in [0.2, 0.25) is 0 Å². The summed E-state index contributed by atoms with van der Waals surface area (Å²) in [5, 5.41) is 10.8. The first-order chi connectivity index (χ1) is 19.8. The molecule has 214 valence electrons. The summed E-state index contributed by atoms with van der Waals surface area (Å²) in [5.74, 6) is -0.344. The number of nitrogens with zero attached hydrogens (tertiary/aromatic N) is 7. The Morgan fingerprint density at radius 3 is 2.76 bits per heavy atom. The highest BCUT2D eigenvalue weighted by Gasteiger charge is 2.49. The minimum absolute atomic E-state index is 0.0685. The molecule has 1 aliphatic heterocycles. The van der Waals surface area contributed by atoms with Crippen molar-refractivity contribution in [1.82, 2.24) is 39.7 Å². The summed E-state index contributed by atoms with van der Waals surface area (Å²) in [5.41, 5.74) is 5.30. The standard InChI is InChI=1S/C29H33FN8O3/c1-18-12-38(35-34-18)23-5-6-24(41-4)26(30)21(23)11-32-28(39)22-15-37(25(33-22)16-40-3)13-19-9-20-14-36(2)17-29(7-8-29)27(20)31-10-19/h5-6,9-10,12,15H,7-8,11,13-14,16-17H2,1-4H3,(H,32,39). The Kier molecular flexibility index (Phi) is 7.04. The van der Waals surface area contributed by atoms with Crippen molar-refractivity contribution in [2.75, 3.05) is 27.8 Å². The molecule has 12 heteroatoms. The molecule has 1 saturated carbocycles.